The van der Waals surface area contributed by atoms with E-state index in [1.54, 1.807) is 7.11 Å². The number of aliphatic imine (C=N–C) groups is 1. The normalized spacial score (nSPS) is 17.1. The van der Waals surface area contributed by atoms with Crippen LogP contribution in [0.25, 0.3) is 0 Å². The van der Waals surface area contributed by atoms with Crippen molar-refractivity contribution >= 4 is 5.96 Å². The molecule has 1 unspecified atom stereocenters. The van der Waals surface area contributed by atoms with Gasteiger partial charge in [0.2, 0.25) is 0 Å². The van der Waals surface area contributed by atoms with Crippen molar-refractivity contribution in [1.29, 1.82) is 0 Å². The average Bonchev–Trinajstić information content (AvgIpc) is 3.09. The maximum absolute atomic E-state index is 13.2. The lowest BCUT2D eigenvalue weighted by molar-refractivity contribution is 0.177. The molecule has 0 spiro atoms. The van der Waals surface area contributed by atoms with Crippen molar-refractivity contribution in [2.24, 2.45) is 4.99 Å². The summed E-state index contributed by atoms with van der Waals surface area (Å²) < 4.78 is 20.3. The maximum Gasteiger partial charge on any atom is 0.191 e. The summed E-state index contributed by atoms with van der Waals surface area (Å²) in [6.07, 6.45) is 1.84. The molecular weight excluding hydrogens is 371 g/mol. The predicted molar refractivity (Wildman–Crippen MR) is 111 cm³/mol. The zero-order valence-electron chi connectivity index (χ0n) is 17.7. The molecule has 0 fully saturated rings. The molecule has 1 aromatic carbocycles. The molecule has 2 aromatic rings. The third-order valence-electron chi connectivity index (χ3n) is 5.12. The number of ether oxygens (including phenoxy) is 1. The molecule has 0 bridgehead atoms. The van der Waals surface area contributed by atoms with Gasteiger partial charge in [-0.25, -0.2) is 14.1 Å². The standard InChI is InChI=1S/C21H31FN6O/c1-5-23-20(24-14-21(2,3)15-6-8-16(22)9-7-15)25-17-10-11-19-26-18(13-29-4)27-28(19)12-17/h6-9,17H,5,10-14H2,1-4H3,(H2,23,24,25). The number of nitrogens with zero attached hydrogens (tertiary/aromatic N) is 4. The van der Waals surface area contributed by atoms with Gasteiger partial charge < -0.3 is 15.4 Å². The maximum atomic E-state index is 13.2. The van der Waals surface area contributed by atoms with Gasteiger partial charge in [-0.15, -0.1) is 0 Å². The highest BCUT2D eigenvalue weighted by Crippen LogP contribution is 2.23. The van der Waals surface area contributed by atoms with E-state index in [4.69, 9.17) is 9.73 Å². The second-order valence-corrected chi connectivity index (χ2v) is 8.03. The fraction of sp³-hybridized carbons (Fsp3) is 0.571. The first-order chi connectivity index (χ1) is 13.9. The summed E-state index contributed by atoms with van der Waals surface area (Å²) in [6.45, 7) is 8.84. The van der Waals surface area contributed by atoms with Crippen molar-refractivity contribution in [3.05, 3.63) is 47.3 Å². The average molecular weight is 403 g/mol. The van der Waals surface area contributed by atoms with Gasteiger partial charge in [0, 0.05) is 31.5 Å². The fourth-order valence-corrected chi connectivity index (χ4v) is 3.45. The van der Waals surface area contributed by atoms with Crippen LogP contribution < -0.4 is 10.6 Å². The summed E-state index contributed by atoms with van der Waals surface area (Å²) in [7, 11) is 1.65. The van der Waals surface area contributed by atoms with Gasteiger partial charge >= 0.3 is 0 Å². The molecule has 1 atom stereocenters. The van der Waals surface area contributed by atoms with Crippen molar-refractivity contribution in [1.82, 2.24) is 25.4 Å². The minimum absolute atomic E-state index is 0.198. The molecule has 0 aliphatic carbocycles. The Labute approximate surface area is 171 Å². The number of fused-ring (bicyclic) bond motifs is 1. The van der Waals surface area contributed by atoms with Gasteiger partial charge in [-0.05, 0) is 31.0 Å². The van der Waals surface area contributed by atoms with Gasteiger partial charge in [-0.2, -0.15) is 5.10 Å². The second-order valence-electron chi connectivity index (χ2n) is 8.03. The number of guanidine groups is 1. The number of rotatable bonds is 7. The number of hydrogen-bond donors (Lipinski definition) is 2. The SMILES string of the molecule is CCNC(=NCC(C)(C)c1ccc(F)cc1)NC1CCc2nc(COC)nn2C1. The minimum atomic E-state index is -0.221. The largest absolute Gasteiger partial charge is 0.377 e. The van der Waals surface area contributed by atoms with Crippen LogP contribution in [0.3, 0.4) is 0 Å². The molecule has 29 heavy (non-hydrogen) atoms. The highest BCUT2D eigenvalue weighted by atomic mass is 19.1. The van der Waals surface area contributed by atoms with Gasteiger partial charge in [0.1, 0.15) is 18.2 Å². The summed E-state index contributed by atoms with van der Waals surface area (Å²) in [5, 5.41) is 11.4. The van der Waals surface area contributed by atoms with E-state index in [1.165, 1.54) is 12.1 Å². The van der Waals surface area contributed by atoms with E-state index in [-0.39, 0.29) is 17.3 Å². The Hall–Kier alpha value is -2.48. The minimum Gasteiger partial charge on any atom is -0.377 e. The van der Waals surface area contributed by atoms with Crippen molar-refractivity contribution in [2.45, 2.75) is 58.2 Å². The summed E-state index contributed by atoms with van der Waals surface area (Å²) in [4.78, 5) is 9.33. The predicted octanol–water partition coefficient (Wildman–Crippen LogP) is 2.41. The number of aryl methyl sites for hydroxylation is 1. The van der Waals surface area contributed by atoms with Crippen molar-refractivity contribution in [3.63, 3.8) is 0 Å². The van der Waals surface area contributed by atoms with Crippen LogP contribution in [0, 0.1) is 5.82 Å². The smallest absolute Gasteiger partial charge is 0.191 e. The molecule has 1 aliphatic rings. The van der Waals surface area contributed by atoms with E-state index in [0.717, 1.165) is 49.1 Å². The molecule has 158 valence electrons. The molecule has 0 amide bonds. The van der Waals surface area contributed by atoms with Gasteiger partial charge in [0.15, 0.2) is 11.8 Å². The molecule has 3 rings (SSSR count). The molecule has 8 heteroatoms. The molecular formula is C21H31FN6O. The van der Waals surface area contributed by atoms with E-state index < -0.39 is 0 Å². The highest BCUT2D eigenvalue weighted by Gasteiger charge is 2.24. The first kappa shape index (κ1) is 21.2. The number of nitrogens with one attached hydrogen (secondary N) is 2. The second kappa shape index (κ2) is 9.35. The lowest BCUT2D eigenvalue weighted by Gasteiger charge is -2.27. The first-order valence-electron chi connectivity index (χ1n) is 10.1. The summed E-state index contributed by atoms with van der Waals surface area (Å²) >= 11 is 0. The zero-order chi connectivity index (χ0) is 20.9. The number of aromatic nitrogens is 3. The third-order valence-corrected chi connectivity index (χ3v) is 5.12. The lowest BCUT2D eigenvalue weighted by Crippen LogP contribution is -2.47. The number of hydrogen-bond acceptors (Lipinski definition) is 4. The van der Waals surface area contributed by atoms with Crippen LogP contribution >= 0.6 is 0 Å². The van der Waals surface area contributed by atoms with Crippen LogP contribution in [-0.2, 0) is 29.7 Å². The van der Waals surface area contributed by atoms with Crippen LogP contribution in [0.2, 0.25) is 0 Å². The summed E-state index contributed by atoms with van der Waals surface area (Å²) in [6, 6.07) is 6.89. The van der Waals surface area contributed by atoms with E-state index in [0.29, 0.717) is 13.2 Å². The van der Waals surface area contributed by atoms with Crippen LogP contribution in [0.15, 0.2) is 29.3 Å². The molecule has 2 heterocycles. The fourth-order valence-electron chi connectivity index (χ4n) is 3.45. The van der Waals surface area contributed by atoms with Crippen LogP contribution in [0.4, 0.5) is 4.39 Å². The Bertz CT molecular complexity index is 830. The quantitative estimate of drug-likeness (QED) is 0.549. The summed E-state index contributed by atoms with van der Waals surface area (Å²) in [5.41, 5.74) is 0.866. The van der Waals surface area contributed by atoms with Crippen LogP contribution in [0.5, 0.6) is 0 Å². The summed E-state index contributed by atoms with van der Waals surface area (Å²) in [5.74, 6) is 2.30. The molecule has 1 aliphatic heterocycles. The lowest BCUT2D eigenvalue weighted by atomic mass is 9.85. The molecule has 0 radical (unpaired) electrons. The van der Waals surface area contributed by atoms with E-state index >= 15 is 0 Å². The van der Waals surface area contributed by atoms with Crippen molar-refractivity contribution < 1.29 is 9.13 Å². The molecule has 0 saturated carbocycles. The van der Waals surface area contributed by atoms with Crippen molar-refractivity contribution in [2.75, 3.05) is 20.2 Å². The molecule has 2 N–H and O–H groups in total. The Morgan fingerprint density at radius 3 is 2.79 bits per heavy atom. The van der Waals surface area contributed by atoms with E-state index in [1.807, 2.05) is 16.8 Å². The Kier molecular flexibility index (Phi) is 6.84. The molecule has 7 nitrogen and oxygen atoms in total. The van der Waals surface area contributed by atoms with Gasteiger partial charge in [0.25, 0.3) is 0 Å². The zero-order valence-corrected chi connectivity index (χ0v) is 17.7. The topological polar surface area (TPSA) is 76.4 Å². The van der Waals surface area contributed by atoms with Gasteiger partial charge in [0.05, 0.1) is 13.1 Å². The highest BCUT2D eigenvalue weighted by molar-refractivity contribution is 5.80. The third kappa shape index (κ3) is 5.53. The van der Waals surface area contributed by atoms with E-state index in [9.17, 15) is 4.39 Å². The van der Waals surface area contributed by atoms with E-state index in [2.05, 4.69) is 41.5 Å². The Balaban J connectivity index is 1.65. The monoisotopic (exact) mass is 402 g/mol. The van der Waals surface area contributed by atoms with Crippen molar-refractivity contribution in [3.8, 4) is 0 Å². The number of methoxy groups -OCH3 is 1. The molecule has 1 aromatic heterocycles. The Morgan fingerprint density at radius 2 is 2.10 bits per heavy atom. The Morgan fingerprint density at radius 1 is 1.34 bits per heavy atom. The van der Waals surface area contributed by atoms with Crippen LogP contribution in [0.1, 0.15) is 44.4 Å². The number of benzene rings is 1. The van der Waals surface area contributed by atoms with Crippen LogP contribution in [-0.4, -0.2) is 47.0 Å². The van der Waals surface area contributed by atoms with Gasteiger partial charge in [-0.3, -0.25) is 4.99 Å². The first-order valence-corrected chi connectivity index (χ1v) is 10.1. The molecule has 0 saturated heterocycles. The van der Waals surface area contributed by atoms with Gasteiger partial charge in [-0.1, -0.05) is 26.0 Å². The number of halogens is 1.